The Morgan fingerprint density at radius 1 is 1.71 bits per heavy atom. The van der Waals surface area contributed by atoms with Crippen LogP contribution in [0.15, 0.2) is 25.3 Å². The summed E-state index contributed by atoms with van der Waals surface area (Å²) >= 11 is 6.38. The summed E-state index contributed by atoms with van der Waals surface area (Å²) in [7, 11) is 0. The van der Waals surface area contributed by atoms with E-state index in [1.165, 1.54) is 6.08 Å². The van der Waals surface area contributed by atoms with Crippen LogP contribution in [0.25, 0.3) is 6.08 Å². The smallest absolute Gasteiger partial charge is 0.249 e. The van der Waals surface area contributed by atoms with Crippen molar-refractivity contribution in [3.05, 3.63) is 36.8 Å². The molecule has 1 rings (SSSR count). The van der Waals surface area contributed by atoms with Crippen LogP contribution in [0.5, 0.6) is 0 Å². The predicted octanol–water partition coefficient (Wildman–Crippen LogP) is 3.83. The molecule has 0 aliphatic rings. The molecule has 14 heavy (non-hydrogen) atoms. The van der Waals surface area contributed by atoms with E-state index in [0.29, 0.717) is 16.9 Å². The highest BCUT2D eigenvalue weighted by molar-refractivity contribution is 9.13. The topological polar surface area (TPSA) is 56.3 Å². The van der Waals surface area contributed by atoms with E-state index in [9.17, 15) is 10.1 Å². The van der Waals surface area contributed by atoms with Gasteiger partial charge in [0.2, 0.25) is 5.70 Å². The lowest BCUT2D eigenvalue weighted by Crippen LogP contribution is -1.95. The fourth-order valence-corrected chi connectivity index (χ4v) is 1.49. The number of hydrogen-bond acceptors (Lipinski definition) is 3. The summed E-state index contributed by atoms with van der Waals surface area (Å²) < 4.78 is 6.45. The summed E-state index contributed by atoms with van der Waals surface area (Å²) in [5.41, 5.74) is 0.124. The second kappa shape index (κ2) is 4.75. The van der Waals surface area contributed by atoms with E-state index < -0.39 is 4.92 Å². The van der Waals surface area contributed by atoms with E-state index in [4.69, 9.17) is 4.42 Å². The van der Waals surface area contributed by atoms with Crippen LogP contribution in [-0.2, 0) is 0 Å². The Balaban J connectivity index is 3.00. The van der Waals surface area contributed by atoms with E-state index in [0.717, 1.165) is 4.47 Å². The van der Waals surface area contributed by atoms with Gasteiger partial charge < -0.3 is 4.42 Å². The van der Waals surface area contributed by atoms with Gasteiger partial charge in [0.05, 0.1) is 15.5 Å². The van der Waals surface area contributed by atoms with Crippen molar-refractivity contribution in [2.75, 3.05) is 0 Å². The highest BCUT2D eigenvalue weighted by Crippen LogP contribution is 2.28. The molecule has 4 nitrogen and oxygen atoms in total. The fraction of sp³-hybridized carbons (Fsp3) is 0.250. The lowest BCUT2D eigenvalue weighted by Gasteiger charge is -1.91. The van der Waals surface area contributed by atoms with Crippen LogP contribution in [-0.4, -0.2) is 4.92 Å². The molecule has 0 fully saturated rings. The molecule has 1 heterocycles. The first-order chi connectivity index (χ1) is 6.54. The average Bonchev–Trinajstić information content (AvgIpc) is 2.41. The molecular formula is C8H7Br2NO3. The Morgan fingerprint density at radius 3 is 2.71 bits per heavy atom. The number of nitro groups is 1. The van der Waals surface area contributed by atoms with E-state index in [1.54, 1.807) is 13.0 Å². The van der Waals surface area contributed by atoms with Crippen molar-refractivity contribution in [3.8, 4) is 0 Å². The Bertz CT molecular complexity index is 364. The van der Waals surface area contributed by atoms with Gasteiger partial charge in [-0.15, -0.1) is 0 Å². The van der Waals surface area contributed by atoms with Crippen LogP contribution < -0.4 is 0 Å². The minimum Gasteiger partial charge on any atom is -0.449 e. The molecule has 0 aliphatic carbocycles. The van der Waals surface area contributed by atoms with Crippen molar-refractivity contribution < 1.29 is 9.34 Å². The Labute approximate surface area is 97.4 Å². The van der Waals surface area contributed by atoms with Gasteiger partial charge in [-0.25, -0.2) is 0 Å². The molecule has 0 aromatic carbocycles. The van der Waals surface area contributed by atoms with Gasteiger partial charge in [-0.2, -0.15) is 0 Å². The van der Waals surface area contributed by atoms with Crippen molar-refractivity contribution in [2.24, 2.45) is 0 Å². The third-order valence-electron chi connectivity index (χ3n) is 1.57. The zero-order chi connectivity index (χ0) is 10.7. The van der Waals surface area contributed by atoms with Gasteiger partial charge in [0.1, 0.15) is 5.76 Å². The van der Waals surface area contributed by atoms with Crippen molar-refractivity contribution in [2.45, 2.75) is 13.3 Å². The minimum atomic E-state index is -0.412. The Hall–Kier alpha value is -0.620. The third kappa shape index (κ3) is 2.68. The number of furan rings is 1. The van der Waals surface area contributed by atoms with Crippen molar-refractivity contribution in [1.82, 2.24) is 0 Å². The molecule has 0 atom stereocenters. The molecule has 0 radical (unpaired) electrons. The van der Waals surface area contributed by atoms with E-state index in [2.05, 4.69) is 31.9 Å². The first-order valence-electron chi connectivity index (χ1n) is 3.84. The Morgan fingerprint density at radius 2 is 2.36 bits per heavy atom. The van der Waals surface area contributed by atoms with Crippen molar-refractivity contribution in [3.63, 3.8) is 0 Å². The molecule has 0 N–H and O–H groups in total. The summed E-state index contributed by atoms with van der Waals surface area (Å²) in [6.45, 7) is 1.72. The molecule has 0 unspecified atom stereocenters. The Kier molecular flexibility index (Phi) is 3.88. The summed E-state index contributed by atoms with van der Waals surface area (Å²) in [5.74, 6) is 0.456. The van der Waals surface area contributed by atoms with Crippen LogP contribution in [0, 0.1) is 10.1 Å². The van der Waals surface area contributed by atoms with Gasteiger partial charge in [0.15, 0.2) is 4.67 Å². The van der Waals surface area contributed by atoms with Crippen LogP contribution in [0.2, 0.25) is 0 Å². The molecular weight excluding hydrogens is 318 g/mol. The first-order valence-corrected chi connectivity index (χ1v) is 5.43. The van der Waals surface area contributed by atoms with Gasteiger partial charge in [0.25, 0.3) is 0 Å². The highest BCUT2D eigenvalue weighted by atomic mass is 79.9. The normalized spacial score (nSPS) is 11.8. The average molecular weight is 325 g/mol. The summed E-state index contributed by atoms with van der Waals surface area (Å²) in [4.78, 5) is 10.1. The SMILES string of the molecule is CCC(=Cc1cc(Br)c(Br)o1)[N+](=O)[O-]. The molecule has 6 heteroatoms. The van der Waals surface area contributed by atoms with Crippen LogP contribution in [0.4, 0.5) is 0 Å². The summed E-state index contributed by atoms with van der Waals surface area (Å²) in [5, 5.41) is 10.5. The van der Waals surface area contributed by atoms with E-state index in [1.807, 2.05) is 0 Å². The van der Waals surface area contributed by atoms with Crippen molar-refractivity contribution in [1.29, 1.82) is 0 Å². The lowest BCUT2D eigenvalue weighted by atomic mass is 10.3. The number of allylic oxidation sites excluding steroid dienone is 1. The first kappa shape index (κ1) is 11.5. The maximum atomic E-state index is 10.5. The molecule has 0 saturated heterocycles. The second-order valence-electron chi connectivity index (χ2n) is 2.52. The highest BCUT2D eigenvalue weighted by Gasteiger charge is 2.10. The van der Waals surface area contributed by atoms with Gasteiger partial charge in [-0.3, -0.25) is 10.1 Å². The molecule has 0 saturated carbocycles. The van der Waals surface area contributed by atoms with Gasteiger partial charge in [0, 0.05) is 6.42 Å². The summed E-state index contributed by atoms with van der Waals surface area (Å²) in [6, 6.07) is 1.67. The largest absolute Gasteiger partial charge is 0.449 e. The molecule has 1 aromatic heterocycles. The van der Waals surface area contributed by atoms with E-state index in [-0.39, 0.29) is 5.70 Å². The fourth-order valence-electron chi connectivity index (χ4n) is 0.883. The van der Waals surface area contributed by atoms with Crippen LogP contribution in [0.3, 0.4) is 0 Å². The molecule has 76 valence electrons. The van der Waals surface area contributed by atoms with Gasteiger partial charge in [-0.05, 0) is 37.9 Å². The number of rotatable bonds is 3. The number of hydrogen-bond donors (Lipinski definition) is 0. The predicted molar refractivity (Wildman–Crippen MR) is 59.4 cm³/mol. The van der Waals surface area contributed by atoms with Crippen molar-refractivity contribution >= 4 is 37.9 Å². The van der Waals surface area contributed by atoms with Gasteiger partial charge >= 0.3 is 0 Å². The van der Waals surface area contributed by atoms with E-state index >= 15 is 0 Å². The number of halogens is 2. The molecule has 1 aromatic rings. The van der Waals surface area contributed by atoms with Crippen LogP contribution >= 0.6 is 31.9 Å². The second-order valence-corrected chi connectivity index (χ2v) is 4.09. The molecule has 0 spiro atoms. The zero-order valence-corrected chi connectivity index (χ0v) is 10.5. The monoisotopic (exact) mass is 323 g/mol. The third-order valence-corrected chi connectivity index (χ3v) is 3.28. The summed E-state index contributed by atoms with van der Waals surface area (Å²) in [6.07, 6.45) is 1.78. The van der Waals surface area contributed by atoms with Gasteiger partial charge in [-0.1, -0.05) is 6.92 Å². The lowest BCUT2D eigenvalue weighted by molar-refractivity contribution is -0.425. The maximum absolute atomic E-state index is 10.5. The zero-order valence-electron chi connectivity index (χ0n) is 7.29. The number of nitrogens with zero attached hydrogens (tertiary/aromatic N) is 1. The molecule has 0 amide bonds. The minimum absolute atomic E-state index is 0.124. The molecule has 0 aliphatic heterocycles. The standard InChI is InChI=1S/C8H7Br2NO3/c1-2-5(11(12)13)3-6-4-7(9)8(10)14-6/h3-4H,2H2,1H3. The quantitative estimate of drug-likeness (QED) is 0.627. The van der Waals surface area contributed by atoms with Crippen LogP contribution in [0.1, 0.15) is 19.1 Å². The maximum Gasteiger partial charge on any atom is 0.249 e. The molecule has 0 bridgehead atoms.